The third-order valence-corrected chi connectivity index (χ3v) is 5.12. The lowest BCUT2D eigenvalue weighted by Gasteiger charge is -2.31. The van der Waals surface area contributed by atoms with Gasteiger partial charge in [-0.1, -0.05) is 11.6 Å². The Bertz CT molecular complexity index is 836. The van der Waals surface area contributed by atoms with E-state index in [0.29, 0.717) is 61.3 Å². The number of halogens is 2. The molecular weight excluding hydrogens is 395 g/mol. The van der Waals surface area contributed by atoms with Gasteiger partial charge in [0.05, 0.1) is 19.8 Å². The van der Waals surface area contributed by atoms with Gasteiger partial charge in [-0.05, 0) is 56.7 Å². The lowest BCUT2D eigenvalue weighted by atomic mass is 10.0. The van der Waals surface area contributed by atoms with Crippen molar-refractivity contribution in [3.8, 4) is 0 Å². The first-order valence-electron chi connectivity index (χ1n) is 9.79. The Balaban J connectivity index is 1.96. The largest absolute Gasteiger partial charge is 0.381 e. The van der Waals surface area contributed by atoms with Gasteiger partial charge in [-0.3, -0.25) is 4.79 Å². The highest BCUT2D eigenvalue weighted by molar-refractivity contribution is 6.29. The number of fused-ring (bicyclic) bond motifs is 1. The normalized spacial score (nSPS) is 20.7. The van der Waals surface area contributed by atoms with Crippen molar-refractivity contribution < 1.29 is 13.9 Å². The highest BCUT2D eigenvalue weighted by atomic mass is 35.5. The van der Waals surface area contributed by atoms with E-state index in [4.69, 9.17) is 21.3 Å². The summed E-state index contributed by atoms with van der Waals surface area (Å²) in [5.74, 6) is 0.625. The molecule has 1 amide bonds. The van der Waals surface area contributed by atoms with Crippen molar-refractivity contribution in [2.45, 2.75) is 38.8 Å². The Morgan fingerprint density at radius 1 is 1.45 bits per heavy atom. The Kier molecular flexibility index (Phi) is 7.39. The van der Waals surface area contributed by atoms with E-state index < -0.39 is 6.17 Å². The number of aromatic nitrogens is 1. The molecule has 0 aliphatic carbocycles. The predicted octanol–water partition coefficient (Wildman–Crippen LogP) is 3.55. The Morgan fingerprint density at radius 3 is 2.97 bits per heavy atom. The lowest BCUT2D eigenvalue weighted by Crippen LogP contribution is -2.37. The van der Waals surface area contributed by atoms with Crippen LogP contribution in [0, 0.1) is 0 Å². The van der Waals surface area contributed by atoms with Crippen LogP contribution < -0.4 is 10.2 Å². The van der Waals surface area contributed by atoms with Crippen LogP contribution in [0.4, 0.5) is 10.2 Å². The van der Waals surface area contributed by atoms with E-state index >= 15 is 0 Å². The molecule has 29 heavy (non-hydrogen) atoms. The molecule has 1 saturated heterocycles. The maximum absolute atomic E-state index is 13.9. The number of aliphatic imine (C=N–C) groups is 1. The highest BCUT2D eigenvalue weighted by Gasteiger charge is 2.25. The van der Waals surface area contributed by atoms with Crippen molar-refractivity contribution in [1.82, 2.24) is 10.3 Å². The molecule has 3 rings (SSSR count). The summed E-state index contributed by atoms with van der Waals surface area (Å²) in [5, 5.41) is 3.34. The maximum Gasteiger partial charge on any atom is 0.257 e. The van der Waals surface area contributed by atoms with Crippen LogP contribution in [-0.4, -0.2) is 50.1 Å². The number of pyridine rings is 1. The zero-order valence-corrected chi connectivity index (χ0v) is 17.3. The molecule has 0 bridgehead atoms. The smallest absolute Gasteiger partial charge is 0.257 e. The third kappa shape index (κ3) is 5.64. The zero-order valence-electron chi connectivity index (χ0n) is 16.6. The number of alkyl halides is 1. The summed E-state index contributed by atoms with van der Waals surface area (Å²) in [5.41, 5.74) is 2.21. The van der Waals surface area contributed by atoms with Crippen LogP contribution in [0.3, 0.4) is 0 Å². The average Bonchev–Trinajstić information content (AvgIpc) is 2.95. The van der Waals surface area contributed by atoms with Gasteiger partial charge < -0.3 is 15.0 Å². The number of rotatable bonds is 5. The topological polar surface area (TPSA) is 66.8 Å². The average molecular weight is 421 g/mol. The molecule has 8 heteroatoms. The summed E-state index contributed by atoms with van der Waals surface area (Å²) in [6.07, 6.45) is 4.89. The molecule has 0 unspecified atom stereocenters. The minimum atomic E-state index is -0.880. The number of hydrogen-bond acceptors (Lipinski definition) is 5. The highest BCUT2D eigenvalue weighted by Crippen LogP contribution is 2.26. The van der Waals surface area contributed by atoms with Crippen molar-refractivity contribution in [3.63, 3.8) is 0 Å². The second kappa shape index (κ2) is 9.98. The van der Waals surface area contributed by atoms with Crippen molar-refractivity contribution in [3.05, 3.63) is 45.9 Å². The van der Waals surface area contributed by atoms with Crippen molar-refractivity contribution in [1.29, 1.82) is 0 Å². The molecule has 0 radical (unpaired) electrons. The molecule has 0 aromatic carbocycles. The molecule has 0 saturated carbocycles. The van der Waals surface area contributed by atoms with E-state index in [0.717, 1.165) is 24.2 Å². The van der Waals surface area contributed by atoms with E-state index in [1.807, 2.05) is 4.90 Å². The molecular formula is C21H26ClFN4O2. The molecule has 1 fully saturated rings. The van der Waals surface area contributed by atoms with Crippen molar-refractivity contribution in [2.75, 3.05) is 31.2 Å². The fourth-order valence-electron chi connectivity index (χ4n) is 3.55. The van der Waals surface area contributed by atoms with E-state index in [1.165, 1.54) is 0 Å². The monoisotopic (exact) mass is 420 g/mol. The fraction of sp³-hybridized carbons (Fsp3) is 0.476. The minimum Gasteiger partial charge on any atom is -0.381 e. The van der Waals surface area contributed by atoms with Gasteiger partial charge in [0.25, 0.3) is 5.91 Å². The summed E-state index contributed by atoms with van der Waals surface area (Å²) < 4.78 is 19.5. The molecule has 156 valence electrons. The van der Waals surface area contributed by atoms with Crippen LogP contribution in [0.2, 0.25) is 0 Å². The number of ether oxygens (including phenoxy) is 1. The summed E-state index contributed by atoms with van der Waals surface area (Å²) in [6, 6.07) is 1.75. The number of carbonyl (C=O) groups excluding carboxylic acids is 1. The van der Waals surface area contributed by atoms with Crippen LogP contribution in [0.15, 0.2) is 34.1 Å². The van der Waals surface area contributed by atoms with Crippen LogP contribution in [0.5, 0.6) is 0 Å². The second-order valence-corrected chi connectivity index (χ2v) is 7.76. The van der Waals surface area contributed by atoms with Gasteiger partial charge >= 0.3 is 0 Å². The first kappa shape index (κ1) is 21.5. The van der Waals surface area contributed by atoms with Gasteiger partial charge in [-0.15, -0.1) is 0 Å². The number of piperidine rings is 1. The third-order valence-electron chi connectivity index (χ3n) is 4.99. The van der Waals surface area contributed by atoms with Crippen LogP contribution >= 0.6 is 11.6 Å². The predicted molar refractivity (Wildman–Crippen MR) is 114 cm³/mol. The Morgan fingerprint density at radius 2 is 2.24 bits per heavy atom. The number of carbonyl (C=O) groups is 1. The minimum absolute atomic E-state index is 0.294. The first-order valence-corrected chi connectivity index (χ1v) is 10.2. The molecule has 1 N–H and O–H groups in total. The van der Waals surface area contributed by atoms with Gasteiger partial charge in [0.2, 0.25) is 0 Å². The Labute approximate surface area is 175 Å². The first-order chi connectivity index (χ1) is 14.0. The zero-order chi connectivity index (χ0) is 20.8. The molecule has 6 nitrogen and oxygen atoms in total. The van der Waals surface area contributed by atoms with Gasteiger partial charge in [-0.25, -0.2) is 14.4 Å². The van der Waals surface area contributed by atoms with E-state index in [1.54, 1.807) is 25.1 Å². The van der Waals surface area contributed by atoms with Crippen LogP contribution in [0.1, 0.15) is 41.4 Å². The van der Waals surface area contributed by atoms with Gasteiger partial charge in [0.1, 0.15) is 17.8 Å². The molecule has 1 aromatic rings. The number of nitrogens with one attached hydrogen (secondary N) is 1. The molecule has 2 aliphatic rings. The number of hydrogen-bond donors (Lipinski definition) is 1. The number of allylic oxidation sites excluding steroid dienone is 3. The standard InChI is InChI=1S/C21H26ClFN4O2/c1-14(22)5-6-19(24-2)26-21(28)17-12-20(27-9-3-4-15(23)13-27)25-18-8-11-29-10-7-16(17)18/h5-6,12,15H,2-4,7-11,13H2,1H3,(H,26,28)/b14-5+,19-6+/t15-/m0/s1. The van der Waals surface area contributed by atoms with Gasteiger partial charge in [0.15, 0.2) is 0 Å². The molecule has 0 spiro atoms. The molecule has 1 aromatic heterocycles. The summed E-state index contributed by atoms with van der Waals surface area (Å²) >= 11 is 5.85. The van der Waals surface area contributed by atoms with E-state index in [-0.39, 0.29) is 5.91 Å². The summed E-state index contributed by atoms with van der Waals surface area (Å²) in [7, 11) is 0. The van der Waals surface area contributed by atoms with E-state index in [2.05, 4.69) is 17.0 Å². The number of amides is 1. The molecule has 1 atom stereocenters. The lowest BCUT2D eigenvalue weighted by molar-refractivity contribution is 0.0964. The van der Waals surface area contributed by atoms with Crippen molar-refractivity contribution >= 4 is 30.0 Å². The van der Waals surface area contributed by atoms with E-state index in [9.17, 15) is 9.18 Å². The second-order valence-electron chi connectivity index (χ2n) is 7.17. The molecule has 2 aliphatic heterocycles. The van der Waals surface area contributed by atoms with Crippen LogP contribution in [-0.2, 0) is 17.6 Å². The SMILES string of the molecule is C=N/C(=C\C=C(/C)Cl)NC(=O)c1cc(N2CCC[C@H](F)C2)nc2c1CCOCC2. The van der Waals surface area contributed by atoms with Gasteiger partial charge in [0, 0.05) is 29.3 Å². The molecule has 3 heterocycles. The van der Waals surface area contributed by atoms with Crippen LogP contribution in [0.25, 0.3) is 0 Å². The summed E-state index contributed by atoms with van der Waals surface area (Å²) in [4.78, 5) is 23.6. The Hall–Kier alpha value is -2.25. The fourth-order valence-corrected chi connectivity index (χ4v) is 3.61. The summed E-state index contributed by atoms with van der Waals surface area (Å²) in [6.45, 7) is 7.33. The van der Waals surface area contributed by atoms with Crippen molar-refractivity contribution in [2.24, 2.45) is 4.99 Å². The number of anilines is 1. The number of nitrogens with zero attached hydrogens (tertiary/aromatic N) is 3. The quantitative estimate of drug-likeness (QED) is 0.584. The maximum atomic E-state index is 13.9. The van der Waals surface area contributed by atoms with Gasteiger partial charge in [-0.2, -0.15) is 0 Å².